The number of aryl methyl sites for hydroxylation is 1. The molecule has 2 aromatic carbocycles. The van der Waals surface area contributed by atoms with Crippen LogP contribution in [0.25, 0.3) is 0 Å². The van der Waals surface area contributed by atoms with Gasteiger partial charge in [-0.25, -0.2) is 0 Å². The van der Waals surface area contributed by atoms with E-state index in [1.807, 2.05) is 36.1 Å². The van der Waals surface area contributed by atoms with Gasteiger partial charge in [-0.15, -0.1) is 0 Å². The average Bonchev–Trinajstić information content (AvgIpc) is 3.00. The molecule has 1 aliphatic heterocycles. The molecule has 0 unspecified atom stereocenters. The molecule has 0 spiro atoms. The Morgan fingerprint density at radius 3 is 2.43 bits per heavy atom. The number of hydrogen-bond acceptors (Lipinski definition) is 3. The largest absolute Gasteiger partial charge is 0.494 e. The first kappa shape index (κ1) is 22.4. The van der Waals surface area contributed by atoms with E-state index in [0.29, 0.717) is 61.2 Å². The Bertz CT molecular complexity index is 887. The zero-order valence-electron chi connectivity index (χ0n) is 17.1. The molecule has 0 N–H and O–H groups in total. The number of hydrogen-bond donors (Lipinski definition) is 0. The van der Waals surface area contributed by atoms with Crippen molar-refractivity contribution in [3.63, 3.8) is 0 Å². The predicted molar refractivity (Wildman–Crippen MR) is 119 cm³/mol. The van der Waals surface area contributed by atoms with E-state index in [1.165, 1.54) is 5.56 Å². The third kappa shape index (κ3) is 6.13. The van der Waals surface area contributed by atoms with Gasteiger partial charge >= 0.3 is 0 Å². The molecule has 7 heteroatoms. The quantitative estimate of drug-likeness (QED) is 0.594. The fraction of sp³-hybridized carbons (Fsp3) is 0.391. The molecule has 0 saturated carbocycles. The van der Waals surface area contributed by atoms with Crippen LogP contribution >= 0.6 is 23.2 Å². The molecule has 1 heterocycles. The molecule has 0 bridgehead atoms. The van der Waals surface area contributed by atoms with Crippen LogP contribution in [0.15, 0.2) is 42.5 Å². The van der Waals surface area contributed by atoms with Crippen molar-refractivity contribution in [1.29, 1.82) is 0 Å². The van der Waals surface area contributed by atoms with Crippen molar-refractivity contribution in [2.75, 3.05) is 32.8 Å². The predicted octanol–water partition coefficient (Wildman–Crippen LogP) is 4.84. The number of carbonyl (C=O) groups is 2. The van der Waals surface area contributed by atoms with Gasteiger partial charge in [0.25, 0.3) is 5.91 Å². The highest BCUT2D eigenvalue weighted by Crippen LogP contribution is 2.23. The Balaban J connectivity index is 1.46. The third-order valence-electron chi connectivity index (χ3n) is 5.12. The normalized spacial score (nSPS) is 14.4. The van der Waals surface area contributed by atoms with E-state index >= 15 is 0 Å². The van der Waals surface area contributed by atoms with E-state index in [4.69, 9.17) is 27.9 Å². The monoisotopic (exact) mass is 448 g/mol. The van der Waals surface area contributed by atoms with Crippen LogP contribution in [0.2, 0.25) is 10.0 Å². The van der Waals surface area contributed by atoms with Crippen LogP contribution in [0.5, 0.6) is 5.75 Å². The molecule has 0 radical (unpaired) electrons. The molecule has 3 rings (SSSR count). The Labute approximate surface area is 187 Å². The molecule has 5 nitrogen and oxygen atoms in total. The van der Waals surface area contributed by atoms with Gasteiger partial charge in [0.2, 0.25) is 5.91 Å². The number of carbonyl (C=O) groups excluding carboxylic acids is 2. The van der Waals surface area contributed by atoms with Gasteiger partial charge in [0.05, 0.1) is 17.2 Å². The molecule has 30 heavy (non-hydrogen) atoms. The van der Waals surface area contributed by atoms with Crippen molar-refractivity contribution in [3.8, 4) is 5.75 Å². The first-order valence-corrected chi connectivity index (χ1v) is 10.9. The van der Waals surface area contributed by atoms with Crippen molar-refractivity contribution in [1.82, 2.24) is 9.80 Å². The van der Waals surface area contributed by atoms with Gasteiger partial charge in [-0.1, -0.05) is 40.9 Å². The first-order chi connectivity index (χ1) is 14.4. The number of halogens is 2. The van der Waals surface area contributed by atoms with Gasteiger partial charge in [-0.3, -0.25) is 9.59 Å². The standard InChI is InChI=1S/C23H26Cl2N2O3/c1-17-5-8-19(9-6-17)30-15-2-4-22(28)26-11-3-12-27(14-13-26)23(29)20-16-18(24)7-10-21(20)25/h5-10,16H,2-4,11-15H2,1H3. The zero-order chi connectivity index (χ0) is 21.5. The lowest BCUT2D eigenvalue weighted by Gasteiger charge is -2.22. The van der Waals surface area contributed by atoms with Gasteiger partial charge in [0.1, 0.15) is 5.75 Å². The number of amides is 2. The third-order valence-corrected chi connectivity index (χ3v) is 5.68. The molecule has 2 amide bonds. The molecule has 1 aliphatic rings. The fourth-order valence-corrected chi connectivity index (χ4v) is 3.78. The minimum Gasteiger partial charge on any atom is -0.494 e. The van der Waals surface area contributed by atoms with E-state index in [1.54, 1.807) is 23.1 Å². The molecule has 0 atom stereocenters. The van der Waals surface area contributed by atoms with Crippen molar-refractivity contribution < 1.29 is 14.3 Å². The molecular weight excluding hydrogens is 423 g/mol. The van der Waals surface area contributed by atoms with Crippen LogP contribution in [0.1, 0.15) is 35.2 Å². The minimum atomic E-state index is -0.150. The maximum absolute atomic E-state index is 12.8. The van der Waals surface area contributed by atoms with E-state index in [-0.39, 0.29) is 11.8 Å². The molecular formula is C23H26Cl2N2O3. The summed E-state index contributed by atoms with van der Waals surface area (Å²) >= 11 is 12.2. The summed E-state index contributed by atoms with van der Waals surface area (Å²) in [6.07, 6.45) is 1.82. The molecule has 0 aromatic heterocycles. The SMILES string of the molecule is Cc1ccc(OCCCC(=O)N2CCCN(C(=O)c3cc(Cl)ccc3Cl)CC2)cc1. The van der Waals surface area contributed by atoms with Crippen LogP contribution in [0, 0.1) is 6.92 Å². The van der Waals surface area contributed by atoms with Crippen LogP contribution < -0.4 is 4.74 Å². The van der Waals surface area contributed by atoms with Gasteiger partial charge in [-0.2, -0.15) is 0 Å². The summed E-state index contributed by atoms with van der Waals surface area (Å²) in [6.45, 7) is 4.75. The highest BCUT2D eigenvalue weighted by Gasteiger charge is 2.24. The average molecular weight is 449 g/mol. The first-order valence-electron chi connectivity index (χ1n) is 10.2. The number of nitrogens with zero attached hydrogens (tertiary/aromatic N) is 2. The highest BCUT2D eigenvalue weighted by atomic mass is 35.5. The van der Waals surface area contributed by atoms with Crippen LogP contribution in [0.3, 0.4) is 0 Å². The zero-order valence-corrected chi connectivity index (χ0v) is 18.6. The van der Waals surface area contributed by atoms with Crippen molar-refractivity contribution in [3.05, 3.63) is 63.6 Å². The maximum Gasteiger partial charge on any atom is 0.255 e. The summed E-state index contributed by atoms with van der Waals surface area (Å²) in [6, 6.07) is 12.7. The fourth-order valence-electron chi connectivity index (χ4n) is 3.41. The molecule has 1 fully saturated rings. The van der Waals surface area contributed by atoms with Crippen LogP contribution in [-0.4, -0.2) is 54.4 Å². The summed E-state index contributed by atoms with van der Waals surface area (Å²) in [4.78, 5) is 29.0. The number of ether oxygens (including phenoxy) is 1. The van der Waals surface area contributed by atoms with Gasteiger partial charge in [0, 0.05) is 37.6 Å². The topological polar surface area (TPSA) is 49.9 Å². The summed E-state index contributed by atoms with van der Waals surface area (Å²) in [7, 11) is 0. The highest BCUT2D eigenvalue weighted by molar-refractivity contribution is 6.35. The Morgan fingerprint density at radius 1 is 0.967 bits per heavy atom. The second kappa shape index (κ2) is 10.7. The summed E-state index contributed by atoms with van der Waals surface area (Å²) in [5.74, 6) is 0.762. The summed E-state index contributed by atoms with van der Waals surface area (Å²) < 4.78 is 5.69. The minimum absolute atomic E-state index is 0.0950. The van der Waals surface area contributed by atoms with Gasteiger partial charge < -0.3 is 14.5 Å². The second-order valence-corrected chi connectivity index (χ2v) is 8.26. The lowest BCUT2D eigenvalue weighted by atomic mass is 10.2. The maximum atomic E-state index is 12.8. The van der Waals surface area contributed by atoms with E-state index in [2.05, 4.69) is 0 Å². The second-order valence-electron chi connectivity index (χ2n) is 7.42. The lowest BCUT2D eigenvalue weighted by molar-refractivity contribution is -0.131. The van der Waals surface area contributed by atoms with Crippen molar-refractivity contribution in [2.24, 2.45) is 0 Å². The van der Waals surface area contributed by atoms with Crippen molar-refractivity contribution in [2.45, 2.75) is 26.2 Å². The van der Waals surface area contributed by atoms with Crippen LogP contribution in [-0.2, 0) is 4.79 Å². The van der Waals surface area contributed by atoms with Gasteiger partial charge in [-0.05, 0) is 50.1 Å². The van der Waals surface area contributed by atoms with Gasteiger partial charge in [0.15, 0.2) is 0 Å². The summed E-state index contributed by atoms with van der Waals surface area (Å²) in [5, 5.41) is 0.859. The molecule has 2 aromatic rings. The number of benzene rings is 2. The molecule has 1 saturated heterocycles. The Hall–Kier alpha value is -2.24. The summed E-state index contributed by atoms with van der Waals surface area (Å²) in [5.41, 5.74) is 1.58. The van der Waals surface area contributed by atoms with Crippen molar-refractivity contribution >= 4 is 35.0 Å². The van der Waals surface area contributed by atoms with E-state index in [0.717, 1.165) is 12.2 Å². The van der Waals surface area contributed by atoms with E-state index < -0.39 is 0 Å². The smallest absolute Gasteiger partial charge is 0.255 e. The Morgan fingerprint density at radius 2 is 1.67 bits per heavy atom. The molecule has 160 valence electrons. The molecule has 0 aliphatic carbocycles. The van der Waals surface area contributed by atoms with Crippen LogP contribution in [0.4, 0.5) is 0 Å². The number of rotatable bonds is 6. The van der Waals surface area contributed by atoms with E-state index in [9.17, 15) is 9.59 Å². The lowest BCUT2D eigenvalue weighted by Crippen LogP contribution is -2.37. The Kier molecular flexibility index (Phi) is 8.00.